The predicted octanol–water partition coefficient (Wildman–Crippen LogP) is 3.92. The lowest BCUT2D eigenvalue weighted by atomic mass is 9.86. The van der Waals surface area contributed by atoms with Crippen molar-refractivity contribution in [2.75, 3.05) is 31.2 Å². The number of hydrogen-bond donors (Lipinski definition) is 1. The summed E-state index contributed by atoms with van der Waals surface area (Å²) in [5, 5.41) is 20.6. The number of rotatable bonds is 17. The van der Waals surface area contributed by atoms with E-state index in [1.807, 2.05) is 0 Å². The molecule has 0 aromatic heterocycles. The summed E-state index contributed by atoms with van der Waals surface area (Å²) < 4.78 is 0.103. The Morgan fingerprint density at radius 1 is 1.17 bits per heavy atom. The van der Waals surface area contributed by atoms with Gasteiger partial charge in [0.2, 0.25) is 5.91 Å². The predicted molar refractivity (Wildman–Crippen MR) is 130 cm³/mol. The number of β-lactam (4-membered cyclic amide) rings is 1. The molecular weight excluding hydrogens is 500 g/mol. The van der Waals surface area contributed by atoms with Gasteiger partial charge in [-0.2, -0.15) is 4.89 Å². The summed E-state index contributed by atoms with van der Waals surface area (Å²) in [6.07, 6.45) is 0.922. The fourth-order valence-electron chi connectivity index (χ4n) is 3.18. The number of benzene rings is 1. The summed E-state index contributed by atoms with van der Waals surface area (Å²) in [5.74, 6) is 0.209. The Morgan fingerprint density at radius 3 is 2.34 bits per heavy atom. The quantitative estimate of drug-likeness (QED) is 0.0363. The van der Waals surface area contributed by atoms with E-state index in [4.69, 9.17) is 20.8 Å². The summed E-state index contributed by atoms with van der Waals surface area (Å²) in [7, 11) is 0. The number of carbonyl (C=O) groups excluding carboxylic acids is 2. The molecule has 1 heterocycles. The number of hydrogen-bond acceptors (Lipinski definition) is 10. The number of nitrogens with one attached hydrogen (secondary N) is 1. The van der Waals surface area contributed by atoms with Crippen molar-refractivity contribution in [1.82, 2.24) is 5.32 Å². The zero-order valence-corrected chi connectivity index (χ0v) is 20.2. The third-order valence-corrected chi connectivity index (χ3v) is 7.65. The monoisotopic (exact) mass is 524 g/mol. The first-order chi connectivity index (χ1) is 16.9. The van der Waals surface area contributed by atoms with Crippen LogP contribution in [0.1, 0.15) is 18.4 Å². The van der Waals surface area contributed by atoms with Gasteiger partial charge in [-0.25, -0.2) is 4.79 Å². The summed E-state index contributed by atoms with van der Waals surface area (Å²) in [5.41, 5.74) is 17.3. The van der Waals surface area contributed by atoms with Gasteiger partial charge < -0.3 is 5.32 Å². The van der Waals surface area contributed by atoms with E-state index in [0.717, 1.165) is 0 Å². The highest BCUT2D eigenvalue weighted by Gasteiger charge is 2.40. The van der Waals surface area contributed by atoms with Crippen LogP contribution in [-0.4, -0.2) is 58.6 Å². The third-order valence-electron chi connectivity index (χ3n) is 4.87. The molecule has 2 rings (SSSR count). The number of thioether (sulfide) groups is 2. The number of nitro groups is 1. The van der Waals surface area contributed by atoms with Gasteiger partial charge in [0.15, 0.2) is 0 Å². The summed E-state index contributed by atoms with van der Waals surface area (Å²) in [6.45, 7) is 0.752. The molecule has 1 amide bonds. The van der Waals surface area contributed by atoms with Crippen LogP contribution < -0.4 is 5.32 Å². The van der Waals surface area contributed by atoms with Gasteiger partial charge >= 0.3 is 5.97 Å². The van der Waals surface area contributed by atoms with Crippen molar-refractivity contribution >= 4 is 41.1 Å². The van der Waals surface area contributed by atoms with Crippen molar-refractivity contribution < 1.29 is 24.3 Å². The third kappa shape index (κ3) is 10.3. The van der Waals surface area contributed by atoms with Crippen LogP contribution >= 0.6 is 23.5 Å². The fourth-order valence-corrected chi connectivity index (χ4v) is 5.73. The zero-order valence-electron chi connectivity index (χ0n) is 18.6. The van der Waals surface area contributed by atoms with E-state index in [9.17, 15) is 19.7 Å². The van der Waals surface area contributed by atoms with Crippen molar-refractivity contribution in [1.29, 1.82) is 0 Å². The maximum atomic E-state index is 12.0. The van der Waals surface area contributed by atoms with Crippen LogP contribution in [0.25, 0.3) is 20.9 Å². The Morgan fingerprint density at radius 2 is 1.80 bits per heavy atom. The molecule has 0 spiro atoms. The normalized spacial score (nSPS) is 17.2. The van der Waals surface area contributed by atoms with Gasteiger partial charge in [0, 0.05) is 41.1 Å². The molecule has 16 heteroatoms. The molecule has 2 atom stereocenters. The first-order valence-electron chi connectivity index (χ1n) is 10.6. The smallest absolute Gasteiger partial charge is 0.346 e. The van der Waals surface area contributed by atoms with Crippen LogP contribution in [0.4, 0.5) is 5.69 Å². The summed E-state index contributed by atoms with van der Waals surface area (Å²) in [4.78, 5) is 49.3. The second-order valence-corrected chi connectivity index (χ2v) is 10.1. The molecule has 188 valence electrons. The van der Waals surface area contributed by atoms with Crippen molar-refractivity contribution in [3.63, 3.8) is 0 Å². The highest BCUT2D eigenvalue weighted by atomic mass is 32.2. The molecule has 0 radical (unpaired) electrons. The molecule has 1 N–H and O–H groups in total. The molecule has 1 aliphatic heterocycles. The first kappa shape index (κ1) is 28.1. The maximum Gasteiger partial charge on any atom is 0.346 e. The van der Waals surface area contributed by atoms with Gasteiger partial charge in [0.1, 0.15) is 0 Å². The fraction of sp³-hybridized carbons (Fsp3) is 0.579. The minimum absolute atomic E-state index is 0.0410. The van der Waals surface area contributed by atoms with Gasteiger partial charge in [-0.05, 0) is 41.0 Å². The van der Waals surface area contributed by atoms with Crippen molar-refractivity contribution in [3.05, 3.63) is 60.8 Å². The standard InChI is InChI=1S/C19H24N8O6S2/c20-25-22-6-9-34-18(35-10-7-23-26-21)12-16-15(19(29)24-16)5-8-32-33-17(28)11-13-1-3-14(4-2-13)27(30)31/h1-4,15-16,18H,5-12H2,(H,24,29)/t15-,16-/m0/s1. The molecule has 0 bridgehead atoms. The molecule has 0 unspecified atom stereocenters. The van der Waals surface area contributed by atoms with E-state index in [2.05, 4.69) is 25.4 Å². The van der Waals surface area contributed by atoms with E-state index in [-0.39, 0.29) is 41.2 Å². The largest absolute Gasteiger partial charge is 0.352 e. The first-order valence-corrected chi connectivity index (χ1v) is 12.6. The number of amides is 1. The molecular formula is C19H24N8O6S2. The zero-order chi connectivity index (χ0) is 25.5. The number of nitrogens with zero attached hydrogens (tertiary/aromatic N) is 7. The van der Waals surface area contributed by atoms with E-state index < -0.39 is 10.9 Å². The minimum Gasteiger partial charge on any atom is -0.352 e. The van der Waals surface area contributed by atoms with Crippen molar-refractivity contribution in [3.8, 4) is 0 Å². The molecule has 14 nitrogen and oxygen atoms in total. The van der Waals surface area contributed by atoms with Gasteiger partial charge in [-0.1, -0.05) is 22.4 Å². The Bertz CT molecular complexity index is 945. The Labute approximate surface area is 208 Å². The average molecular weight is 525 g/mol. The molecule has 1 saturated heterocycles. The van der Waals surface area contributed by atoms with Gasteiger partial charge in [-0.15, -0.1) is 23.5 Å². The number of non-ortho nitro benzene ring substituents is 1. The Kier molecular flexibility index (Phi) is 12.6. The topological polar surface area (TPSA) is 205 Å². The lowest BCUT2D eigenvalue weighted by Gasteiger charge is -2.38. The lowest BCUT2D eigenvalue weighted by molar-refractivity contribution is -0.384. The number of nitro benzene ring substituents is 1. The van der Waals surface area contributed by atoms with Crippen LogP contribution in [0, 0.1) is 16.0 Å². The van der Waals surface area contributed by atoms with Crippen LogP contribution in [0.3, 0.4) is 0 Å². The van der Waals surface area contributed by atoms with Crippen LogP contribution in [-0.2, 0) is 25.8 Å². The summed E-state index contributed by atoms with van der Waals surface area (Å²) in [6, 6.07) is 5.46. The van der Waals surface area contributed by atoms with Gasteiger partial charge in [0.05, 0.1) is 28.5 Å². The molecule has 1 fully saturated rings. The Hall–Kier alpha value is -3.16. The maximum absolute atomic E-state index is 12.0. The van der Waals surface area contributed by atoms with E-state index in [1.165, 1.54) is 24.3 Å². The SMILES string of the molecule is [N-]=[N+]=NCCSC(C[C@@H]1NC(=O)[C@H]1CCOOC(=O)Cc1ccc([N+](=O)[O-])cc1)SCCN=[N+]=[N-]. The summed E-state index contributed by atoms with van der Waals surface area (Å²) >= 11 is 3.22. The molecule has 1 aliphatic rings. The van der Waals surface area contributed by atoms with Crippen molar-refractivity contribution in [2.24, 2.45) is 16.1 Å². The molecule has 0 saturated carbocycles. The van der Waals surface area contributed by atoms with Crippen LogP contribution in [0.15, 0.2) is 34.5 Å². The second-order valence-electron chi connectivity index (χ2n) is 7.20. The average Bonchev–Trinajstić information content (AvgIpc) is 2.83. The van der Waals surface area contributed by atoms with Crippen LogP contribution in [0.5, 0.6) is 0 Å². The molecule has 1 aromatic carbocycles. The van der Waals surface area contributed by atoms with E-state index in [1.54, 1.807) is 23.5 Å². The molecule has 35 heavy (non-hydrogen) atoms. The van der Waals surface area contributed by atoms with E-state index >= 15 is 0 Å². The van der Waals surface area contributed by atoms with Crippen molar-refractivity contribution in [2.45, 2.75) is 29.9 Å². The number of carbonyl (C=O) groups is 2. The molecule has 1 aromatic rings. The van der Waals surface area contributed by atoms with Crippen LogP contribution in [0.2, 0.25) is 0 Å². The highest BCUT2D eigenvalue weighted by molar-refractivity contribution is 8.17. The highest BCUT2D eigenvalue weighted by Crippen LogP contribution is 2.33. The van der Waals surface area contributed by atoms with Gasteiger partial charge in [0.25, 0.3) is 5.69 Å². The van der Waals surface area contributed by atoms with Gasteiger partial charge in [-0.3, -0.25) is 19.8 Å². The molecule has 0 aliphatic carbocycles. The Balaban J connectivity index is 1.73. The lowest BCUT2D eigenvalue weighted by Crippen LogP contribution is -2.59. The van der Waals surface area contributed by atoms with E-state index in [0.29, 0.717) is 43.0 Å². The number of azide groups is 2. The second kappa shape index (κ2) is 15.7. The minimum atomic E-state index is -0.651.